The molecule has 4 aromatic rings. The minimum absolute atomic E-state index is 0.360. The Kier molecular flexibility index (Phi) is 5.43. The second-order valence-electron chi connectivity index (χ2n) is 6.68. The number of anilines is 2. The van der Waals surface area contributed by atoms with Gasteiger partial charge < -0.3 is 15.4 Å². The van der Waals surface area contributed by atoms with Gasteiger partial charge in [0.25, 0.3) is 0 Å². The molecule has 0 radical (unpaired) electrons. The highest BCUT2D eigenvalue weighted by Gasteiger charge is 2.12. The summed E-state index contributed by atoms with van der Waals surface area (Å²) in [6.45, 7) is 0.373. The average molecular weight is 400 g/mol. The quantitative estimate of drug-likeness (QED) is 0.483. The van der Waals surface area contributed by atoms with Gasteiger partial charge in [-0.3, -0.25) is 4.68 Å². The Morgan fingerprint density at radius 3 is 2.60 bits per heavy atom. The smallest absolute Gasteiger partial charge is 0.338 e. The van der Waals surface area contributed by atoms with Gasteiger partial charge in [-0.05, 0) is 23.1 Å². The first-order valence-electron chi connectivity index (χ1n) is 9.38. The van der Waals surface area contributed by atoms with Gasteiger partial charge in [-0.15, -0.1) is 0 Å². The van der Waals surface area contributed by atoms with Gasteiger partial charge in [-0.1, -0.05) is 54.6 Å². The molecule has 0 aliphatic carbocycles. The zero-order chi connectivity index (χ0) is 20.9. The molecule has 0 bridgehead atoms. The van der Waals surface area contributed by atoms with Crippen LogP contribution in [-0.2, 0) is 11.3 Å². The maximum Gasteiger partial charge on any atom is 0.338 e. The molecule has 1 aromatic heterocycles. The van der Waals surface area contributed by atoms with Crippen LogP contribution in [-0.4, -0.2) is 28.9 Å². The van der Waals surface area contributed by atoms with Gasteiger partial charge in [0.2, 0.25) is 0 Å². The van der Waals surface area contributed by atoms with Crippen molar-refractivity contribution in [3.8, 4) is 0 Å². The Morgan fingerprint density at radius 2 is 1.73 bits per heavy atom. The van der Waals surface area contributed by atoms with E-state index in [1.807, 2.05) is 54.6 Å². The van der Waals surface area contributed by atoms with Crippen molar-refractivity contribution in [3.63, 3.8) is 0 Å². The number of aromatic nitrogens is 2. The van der Waals surface area contributed by atoms with Crippen molar-refractivity contribution in [2.45, 2.75) is 6.54 Å². The molecule has 1 heterocycles. The van der Waals surface area contributed by atoms with Crippen molar-refractivity contribution in [2.24, 2.45) is 0 Å². The highest BCUT2D eigenvalue weighted by atomic mass is 16.5. The fourth-order valence-corrected chi connectivity index (χ4v) is 3.28. The maximum atomic E-state index is 12.5. The fourth-order valence-electron chi connectivity index (χ4n) is 3.28. The number of rotatable bonds is 5. The zero-order valence-electron chi connectivity index (χ0n) is 16.3. The van der Waals surface area contributed by atoms with Gasteiger partial charge in [0.1, 0.15) is 0 Å². The third-order valence-corrected chi connectivity index (χ3v) is 4.68. The van der Waals surface area contributed by atoms with Gasteiger partial charge in [0.15, 0.2) is 0 Å². The number of hydrogen-bond donors (Lipinski definition) is 2. The van der Waals surface area contributed by atoms with Crippen molar-refractivity contribution in [3.05, 3.63) is 90.3 Å². The number of esters is 1. The van der Waals surface area contributed by atoms with E-state index in [1.165, 1.54) is 7.11 Å². The van der Waals surface area contributed by atoms with Crippen LogP contribution in [0.1, 0.15) is 15.9 Å². The Hall–Kier alpha value is -4.13. The number of carbonyl (C=O) groups excluding carboxylic acids is 2. The van der Waals surface area contributed by atoms with Crippen LogP contribution in [0.4, 0.5) is 16.2 Å². The van der Waals surface area contributed by atoms with Crippen molar-refractivity contribution < 1.29 is 14.3 Å². The Balaban J connectivity index is 1.45. The highest BCUT2D eigenvalue weighted by molar-refractivity contribution is 6.06. The van der Waals surface area contributed by atoms with Gasteiger partial charge in [0, 0.05) is 11.6 Å². The number of ether oxygens (including phenoxy) is 1. The Labute approximate surface area is 173 Å². The summed E-state index contributed by atoms with van der Waals surface area (Å²) in [6, 6.07) is 20.4. The molecule has 4 rings (SSSR count). The van der Waals surface area contributed by atoms with Crippen LogP contribution >= 0.6 is 0 Å². The molecule has 0 saturated carbocycles. The lowest BCUT2D eigenvalue weighted by Gasteiger charge is -2.09. The largest absolute Gasteiger partial charge is 0.465 e. The van der Waals surface area contributed by atoms with Gasteiger partial charge in [-0.2, -0.15) is 5.10 Å². The summed E-state index contributed by atoms with van der Waals surface area (Å²) < 4.78 is 6.47. The number of nitrogens with zero attached hydrogens (tertiary/aromatic N) is 2. The lowest BCUT2D eigenvalue weighted by molar-refractivity contribution is 0.0599. The van der Waals surface area contributed by atoms with E-state index in [1.54, 1.807) is 29.2 Å². The van der Waals surface area contributed by atoms with Crippen molar-refractivity contribution in [2.75, 3.05) is 17.7 Å². The van der Waals surface area contributed by atoms with Crippen molar-refractivity contribution in [1.29, 1.82) is 0 Å². The third kappa shape index (κ3) is 4.15. The van der Waals surface area contributed by atoms with Crippen LogP contribution in [0.3, 0.4) is 0 Å². The monoisotopic (exact) mass is 400 g/mol. The van der Waals surface area contributed by atoms with E-state index in [0.717, 1.165) is 22.0 Å². The molecule has 0 unspecified atom stereocenters. The van der Waals surface area contributed by atoms with E-state index < -0.39 is 5.97 Å². The first kappa shape index (κ1) is 19.2. The molecule has 0 fully saturated rings. The molecule has 0 spiro atoms. The zero-order valence-corrected chi connectivity index (χ0v) is 16.3. The first-order chi connectivity index (χ1) is 14.6. The van der Waals surface area contributed by atoms with Crippen LogP contribution in [0.25, 0.3) is 10.8 Å². The molecule has 0 aliphatic rings. The first-order valence-corrected chi connectivity index (χ1v) is 9.38. The number of amides is 2. The van der Waals surface area contributed by atoms with E-state index in [2.05, 4.69) is 15.7 Å². The number of benzene rings is 3. The third-order valence-electron chi connectivity index (χ3n) is 4.68. The normalized spacial score (nSPS) is 10.6. The van der Waals surface area contributed by atoms with E-state index in [4.69, 9.17) is 4.74 Å². The second kappa shape index (κ2) is 8.48. The molecule has 0 aliphatic heterocycles. The molecular weight excluding hydrogens is 380 g/mol. The molecule has 30 heavy (non-hydrogen) atoms. The predicted octanol–water partition coefficient (Wildman–Crippen LogP) is 4.52. The number of carbonyl (C=O) groups is 2. The topological polar surface area (TPSA) is 85.2 Å². The number of urea groups is 1. The number of nitrogens with one attached hydrogen (secondary N) is 2. The molecule has 3 aromatic carbocycles. The van der Waals surface area contributed by atoms with Crippen LogP contribution in [0.15, 0.2) is 79.1 Å². The van der Waals surface area contributed by atoms with Gasteiger partial charge in [-0.25, -0.2) is 9.59 Å². The average Bonchev–Trinajstić information content (AvgIpc) is 3.20. The molecule has 0 saturated heterocycles. The molecule has 2 amide bonds. The molecule has 0 atom stereocenters. The Morgan fingerprint density at radius 1 is 0.967 bits per heavy atom. The predicted molar refractivity (Wildman–Crippen MR) is 116 cm³/mol. The van der Waals surface area contributed by atoms with Crippen molar-refractivity contribution >= 4 is 34.1 Å². The molecular formula is C23H20N4O3. The SMILES string of the molecule is COC(=O)c1ccccc1Cn1cc(NC(=O)Nc2cccc3ccccc23)cn1. The number of fused-ring (bicyclic) bond motifs is 1. The summed E-state index contributed by atoms with van der Waals surface area (Å²) in [5.41, 5.74) is 2.53. The molecule has 7 heteroatoms. The maximum absolute atomic E-state index is 12.5. The van der Waals surface area contributed by atoms with Crippen LogP contribution < -0.4 is 10.6 Å². The fraction of sp³-hybridized carbons (Fsp3) is 0.0870. The number of hydrogen-bond acceptors (Lipinski definition) is 4. The molecule has 7 nitrogen and oxygen atoms in total. The summed E-state index contributed by atoms with van der Waals surface area (Å²) in [6.07, 6.45) is 3.26. The van der Waals surface area contributed by atoms with Crippen LogP contribution in [0.2, 0.25) is 0 Å². The molecule has 150 valence electrons. The summed E-state index contributed by atoms with van der Waals surface area (Å²) >= 11 is 0. The second-order valence-corrected chi connectivity index (χ2v) is 6.68. The Bertz CT molecular complexity index is 1210. The van der Waals surface area contributed by atoms with Gasteiger partial charge >= 0.3 is 12.0 Å². The lowest BCUT2D eigenvalue weighted by atomic mass is 10.1. The van der Waals surface area contributed by atoms with E-state index >= 15 is 0 Å². The van der Waals surface area contributed by atoms with Crippen LogP contribution in [0.5, 0.6) is 0 Å². The van der Waals surface area contributed by atoms with E-state index in [-0.39, 0.29) is 6.03 Å². The minimum atomic E-state index is -0.398. The highest BCUT2D eigenvalue weighted by Crippen LogP contribution is 2.23. The summed E-state index contributed by atoms with van der Waals surface area (Å²) in [5, 5.41) is 11.9. The lowest BCUT2D eigenvalue weighted by Crippen LogP contribution is -2.19. The molecule has 2 N–H and O–H groups in total. The van der Waals surface area contributed by atoms with E-state index in [9.17, 15) is 9.59 Å². The summed E-state index contributed by atoms with van der Waals surface area (Å²) in [7, 11) is 1.35. The van der Waals surface area contributed by atoms with E-state index in [0.29, 0.717) is 17.8 Å². The van der Waals surface area contributed by atoms with Crippen molar-refractivity contribution in [1.82, 2.24) is 9.78 Å². The van der Waals surface area contributed by atoms with Gasteiger partial charge in [0.05, 0.1) is 36.8 Å². The number of methoxy groups -OCH3 is 1. The summed E-state index contributed by atoms with van der Waals surface area (Å²) in [5.74, 6) is -0.398. The standard InChI is InChI=1S/C23H20N4O3/c1-30-22(28)20-11-5-3-8-17(20)14-27-15-18(13-24-27)25-23(29)26-21-12-6-9-16-7-2-4-10-19(16)21/h2-13,15H,14H2,1H3,(H2,25,26,29). The van der Waals surface area contributed by atoms with Crippen LogP contribution in [0, 0.1) is 0 Å². The minimum Gasteiger partial charge on any atom is -0.465 e. The summed E-state index contributed by atoms with van der Waals surface area (Å²) in [4.78, 5) is 24.4.